The van der Waals surface area contributed by atoms with E-state index in [-0.39, 0.29) is 18.6 Å². The van der Waals surface area contributed by atoms with E-state index in [1.54, 1.807) is 17.5 Å². The second kappa shape index (κ2) is 5.60. The summed E-state index contributed by atoms with van der Waals surface area (Å²) in [5.74, 6) is 0.610. The molecule has 6 heteroatoms. The highest BCUT2D eigenvalue weighted by Gasteiger charge is 2.17. The zero-order valence-electron chi connectivity index (χ0n) is 11.1. The van der Waals surface area contributed by atoms with E-state index in [1.165, 1.54) is 0 Å². The lowest BCUT2D eigenvalue weighted by Gasteiger charge is -2.20. The fourth-order valence-electron chi connectivity index (χ4n) is 2.07. The van der Waals surface area contributed by atoms with Crippen molar-refractivity contribution in [3.05, 3.63) is 40.3 Å². The Kier molecular flexibility index (Phi) is 3.66. The van der Waals surface area contributed by atoms with Gasteiger partial charge in [-0.3, -0.25) is 4.79 Å². The summed E-state index contributed by atoms with van der Waals surface area (Å²) in [5, 5.41) is 9.26. The lowest BCUT2D eigenvalue weighted by molar-refractivity contribution is -0.118. The molecule has 2 heterocycles. The summed E-state index contributed by atoms with van der Waals surface area (Å²) in [6.45, 7) is 2.91. The second-order valence-electron chi connectivity index (χ2n) is 4.62. The van der Waals surface area contributed by atoms with Crippen LogP contribution in [0.3, 0.4) is 0 Å². The minimum absolute atomic E-state index is 0.0875. The van der Waals surface area contributed by atoms with Crippen molar-refractivity contribution in [2.45, 2.75) is 19.5 Å². The number of hydrogen-bond acceptors (Lipinski definition) is 5. The monoisotopic (exact) mass is 289 g/mol. The molecule has 0 radical (unpaired) electrons. The van der Waals surface area contributed by atoms with Gasteiger partial charge in [0.15, 0.2) is 6.61 Å². The van der Waals surface area contributed by atoms with E-state index in [0.29, 0.717) is 0 Å². The van der Waals surface area contributed by atoms with E-state index in [2.05, 4.69) is 22.5 Å². The summed E-state index contributed by atoms with van der Waals surface area (Å²) in [6, 6.07) is 6.02. The average Bonchev–Trinajstić information content (AvgIpc) is 2.97. The third-order valence-corrected chi connectivity index (χ3v) is 3.96. The van der Waals surface area contributed by atoms with Crippen molar-refractivity contribution in [1.82, 2.24) is 10.3 Å². The number of carbonyl (C=O) groups excluding carboxylic acids is 1. The highest BCUT2D eigenvalue weighted by atomic mass is 32.1. The smallest absolute Gasteiger partial charge is 0.262 e. The Morgan fingerprint density at radius 2 is 2.45 bits per heavy atom. The summed E-state index contributed by atoms with van der Waals surface area (Å²) in [5.41, 5.74) is 1.84. The van der Waals surface area contributed by atoms with Crippen molar-refractivity contribution in [2.75, 3.05) is 11.9 Å². The molecule has 5 nitrogen and oxygen atoms in total. The van der Waals surface area contributed by atoms with Crippen molar-refractivity contribution in [3.63, 3.8) is 0 Å². The third-order valence-electron chi connectivity index (χ3n) is 3.18. The number of fused-ring (bicyclic) bond motifs is 1. The van der Waals surface area contributed by atoms with Crippen molar-refractivity contribution in [1.29, 1.82) is 0 Å². The molecule has 104 valence electrons. The van der Waals surface area contributed by atoms with Crippen LogP contribution in [0.2, 0.25) is 0 Å². The molecule has 0 saturated heterocycles. The second-order valence-corrected chi connectivity index (χ2v) is 5.60. The summed E-state index contributed by atoms with van der Waals surface area (Å²) in [4.78, 5) is 15.6. The van der Waals surface area contributed by atoms with E-state index < -0.39 is 0 Å². The van der Waals surface area contributed by atoms with Crippen molar-refractivity contribution in [2.24, 2.45) is 0 Å². The maximum absolute atomic E-state index is 11.3. The van der Waals surface area contributed by atoms with Gasteiger partial charge in [-0.25, -0.2) is 4.98 Å². The molecule has 1 aromatic carbocycles. The topological polar surface area (TPSA) is 63.2 Å². The number of benzene rings is 1. The molecule has 0 saturated carbocycles. The van der Waals surface area contributed by atoms with Gasteiger partial charge in [-0.15, -0.1) is 11.3 Å². The Bertz CT molecular complexity index is 613. The molecule has 0 aliphatic carbocycles. The van der Waals surface area contributed by atoms with Crippen LogP contribution >= 0.6 is 11.3 Å². The number of thiazole rings is 1. The molecule has 3 rings (SSSR count). The number of rotatable bonds is 4. The first-order valence-electron chi connectivity index (χ1n) is 6.41. The molecular weight excluding hydrogens is 274 g/mol. The predicted molar refractivity (Wildman–Crippen MR) is 77.9 cm³/mol. The van der Waals surface area contributed by atoms with Gasteiger partial charge in [0.05, 0.1) is 5.69 Å². The zero-order chi connectivity index (χ0) is 13.9. The standard InChI is InChI=1S/C14H15N3O2S/c1-9(16-7-14-15-4-5-20-14)10-2-3-12-11(6-10)17-13(18)8-19-12/h2-6,9,16H,7-8H2,1H3,(H,17,18). The number of nitrogens with one attached hydrogen (secondary N) is 2. The van der Waals surface area contributed by atoms with Crippen molar-refractivity contribution < 1.29 is 9.53 Å². The molecule has 0 spiro atoms. The highest BCUT2D eigenvalue weighted by molar-refractivity contribution is 7.09. The number of hydrogen-bond donors (Lipinski definition) is 2. The minimum Gasteiger partial charge on any atom is -0.482 e. The van der Waals surface area contributed by atoms with Gasteiger partial charge in [0.1, 0.15) is 10.8 Å². The van der Waals surface area contributed by atoms with Gasteiger partial charge in [-0.2, -0.15) is 0 Å². The van der Waals surface area contributed by atoms with Crippen LogP contribution in [-0.4, -0.2) is 17.5 Å². The normalized spacial score (nSPS) is 15.2. The minimum atomic E-state index is -0.113. The Balaban J connectivity index is 1.70. The largest absolute Gasteiger partial charge is 0.482 e. The molecular formula is C14H15N3O2S. The molecule has 1 aromatic heterocycles. The summed E-state index contributed by atoms with van der Waals surface area (Å²) < 4.78 is 5.35. The molecule has 1 aliphatic rings. The summed E-state index contributed by atoms with van der Waals surface area (Å²) >= 11 is 1.63. The summed E-state index contributed by atoms with van der Waals surface area (Å²) in [6.07, 6.45) is 1.80. The van der Waals surface area contributed by atoms with Crippen LogP contribution in [0.25, 0.3) is 0 Å². The molecule has 1 atom stereocenters. The Morgan fingerprint density at radius 3 is 3.25 bits per heavy atom. The number of ether oxygens (including phenoxy) is 1. The fourth-order valence-corrected chi connectivity index (χ4v) is 2.64. The van der Waals surface area contributed by atoms with Crippen LogP contribution in [0.4, 0.5) is 5.69 Å². The molecule has 20 heavy (non-hydrogen) atoms. The van der Waals surface area contributed by atoms with E-state index >= 15 is 0 Å². The quantitative estimate of drug-likeness (QED) is 0.906. The summed E-state index contributed by atoms with van der Waals surface area (Å²) in [7, 11) is 0. The maximum Gasteiger partial charge on any atom is 0.262 e. The van der Waals surface area contributed by atoms with Crippen LogP contribution in [-0.2, 0) is 11.3 Å². The van der Waals surface area contributed by atoms with E-state index in [4.69, 9.17) is 4.74 Å². The van der Waals surface area contributed by atoms with Crippen molar-refractivity contribution in [3.8, 4) is 5.75 Å². The number of amides is 1. The first-order chi connectivity index (χ1) is 9.72. The average molecular weight is 289 g/mol. The van der Waals surface area contributed by atoms with Gasteiger partial charge in [0, 0.05) is 24.2 Å². The molecule has 1 unspecified atom stereocenters. The Labute approximate surface area is 121 Å². The van der Waals surface area contributed by atoms with Crippen LogP contribution in [0.5, 0.6) is 5.75 Å². The van der Waals surface area contributed by atoms with Gasteiger partial charge >= 0.3 is 0 Å². The Hall–Kier alpha value is -1.92. The zero-order valence-corrected chi connectivity index (χ0v) is 11.9. The number of anilines is 1. The maximum atomic E-state index is 11.3. The molecule has 0 fully saturated rings. The molecule has 0 bridgehead atoms. The van der Waals surface area contributed by atoms with Crippen LogP contribution < -0.4 is 15.4 Å². The molecule has 1 aliphatic heterocycles. The predicted octanol–water partition coefficient (Wildman–Crippen LogP) is 2.32. The van der Waals surface area contributed by atoms with Gasteiger partial charge in [-0.1, -0.05) is 6.07 Å². The lowest BCUT2D eigenvalue weighted by Crippen LogP contribution is -2.26. The van der Waals surface area contributed by atoms with E-state index in [0.717, 1.165) is 28.6 Å². The fraction of sp³-hybridized carbons (Fsp3) is 0.286. The van der Waals surface area contributed by atoms with Gasteiger partial charge in [0.2, 0.25) is 0 Å². The number of carbonyl (C=O) groups is 1. The molecule has 2 N–H and O–H groups in total. The van der Waals surface area contributed by atoms with E-state index in [9.17, 15) is 4.79 Å². The van der Waals surface area contributed by atoms with Crippen molar-refractivity contribution >= 4 is 22.9 Å². The first-order valence-corrected chi connectivity index (χ1v) is 7.28. The molecule has 2 aromatic rings. The SMILES string of the molecule is CC(NCc1nccs1)c1ccc2c(c1)NC(=O)CO2. The van der Waals surface area contributed by atoms with Gasteiger partial charge in [-0.05, 0) is 24.6 Å². The Morgan fingerprint density at radius 1 is 1.55 bits per heavy atom. The molecule has 1 amide bonds. The van der Waals surface area contributed by atoms with Gasteiger partial charge < -0.3 is 15.4 Å². The van der Waals surface area contributed by atoms with Crippen LogP contribution in [0, 0.1) is 0 Å². The number of nitrogens with zero attached hydrogens (tertiary/aromatic N) is 1. The number of aromatic nitrogens is 1. The first kappa shape index (κ1) is 13.1. The van der Waals surface area contributed by atoms with E-state index in [1.807, 2.05) is 23.6 Å². The third kappa shape index (κ3) is 2.81. The van der Waals surface area contributed by atoms with Crippen LogP contribution in [0.1, 0.15) is 23.5 Å². The lowest BCUT2D eigenvalue weighted by atomic mass is 10.1. The van der Waals surface area contributed by atoms with Crippen LogP contribution in [0.15, 0.2) is 29.8 Å². The highest BCUT2D eigenvalue weighted by Crippen LogP contribution is 2.30. The van der Waals surface area contributed by atoms with Gasteiger partial charge in [0.25, 0.3) is 5.91 Å².